The summed E-state index contributed by atoms with van der Waals surface area (Å²) in [7, 11) is 1.90. The molecule has 2 atom stereocenters. The number of imidazole rings is 1. The number of carbonyl (C=O) groups is 1. The molecule has 1 aromatic carbocycles. The minimum atomic E-state index is -0.327. The summed E-state index contributed by atoms with van der Waals surface area (Å²) in [5, 5.41) is 13.3. The lowest BCUT2D eigenvalue weighted by molar-refractivity contribution is -0.116. The summed E-state index contributed by atoms with van der Waals surface area (Å²) in [5.41, 5.74) is 3.81. The van der Waals surface area contributed by atoms with Gasteiger partial charge in [-0.25, -0.2) is 4.98 Å². The number of hydrogen-bond acceptors (Lipinski definition) is 7. The Bertz CT molecular complexity index is 1590. The third kappa shape index (κ3) is 5.59. The highest BCUT2D eigenvalue weighted by atomic mass is 16.5. The summed E-state index contributed by atoms with van der Waals surface area (Å²) in [6, 6.07) is 11.1. The second kappa shape index (κ2) is 10.6. The molecule has 0 bridgehead atoms. The lowest BCUT2D eigenvalue weighted by atomic mass is 9.82. The standard InChI is InChI=1S/C29H31N5O4.CH4/c1-17(35)11-21-13-23(9-10-30-21)38-22-6-7-24-26(14-22)33(2)29(31-24)32-25-12-20(18-3-4-18)16-34(28(25)37)15-19-5-8-27(19)36;/h6-7,9-10,12-14,16,18-19,27,36H,3-5,8,11,15H2,1-2H3,(H,31,32);1H4/t19?,27-;/m0./s1. The molecule has 0 saturated heterocycles. The molecule has 9 nitrogen and oxygen atoms in total. The van der Waals surface area contributed by atoms with E-state index in [9.17, 15) is 14.7 Å². The van der Waals surface area contributed by atoms with E-state index in [1.165, 1.54) is 6.92 Å². The quantitative estimate of drug-likeness (QED) is 0.311. The maximum Gasteiger partial charge on any atom is 0.274 e. The third-order valence-electron chi connectivity index (χ3n) is 7.52. The molecule has 1 unspecified atom stereocenters. The number of aryl methyl sites for hydroxylation is 1. The predicted octanol–water partition coefficient (Wildman–Crippen LogP) is 5.08. The Hall–Kier alpha value is -3.98. The molecular formula is C30H35N5O4. The monoisotopic (exact) mass is 529 g/mol. The van der Waals surface area contributed by atoms with Crippen molar-refractivity contribution in [3.05, 3.63) is 70.4 Å². The van der Waals surface area contributed by atoms with Crippen molar-refractivity contribution in [1.82, 2.24) is 19.1 Å². The van der Waals surface area contributed by atoms with Gasteiger partial charge >= 0.3 is 0 Å². The van der Waals surface area contributed by atoms with E-state index in [0.29, 0.717) is 41.3 Å². The number of fused-ring (bicyclic) bond motifs is 1. The lowest BCUT2D eigenvalue weighted by Crippen LogP contribution is -2.37. The molecule has 2 aliphatic rings. The number of aromatic nitrogens is 4. The number of nitrogens with one attached hydrogen (secondary N) is 1. The molecule has 2 fully saturated rings. The van der Waals surface area contributed by atoms with E-state index in [-0.39, 0.29) is 37.2 Å². The topological polar surface area (TPSA) is 111 Å². The minimum absolute atomic E-state index is 0. The summed E-state index contributed by atoms with van der Waals surface area (Å²) in [6.07, 6.45) is 7.54. The number of aliphatic hydroxyl groups is 1. The molecule has 9 heteroatoms. The first-order valence-corrected chi connectivity index (χ1v) is 13.1. The third-order valence-corrected chi connectivity index (χ3v) is 7.52. The Morgan fingerprint density at radius 3 is 2.62 bits per heavy atom. The van der Waals surface area contributed by atoms with Gasteiger partial charge in [0.2, 0.25) is 5.95 Å². The SMILES string of the molecule is C.CC(=O)Cc1cc(Oc2ccc3nc(Nc4cc(C5CC5)cn(CC5CC[C@@H]5O)c4=O)n(C)c3c2)ccn1. The number of ketones is 1. The van der Waals surface area contributed by atoms with Crippen LogP contribution in [0.5, 0.6) is 11.5 Å². The van der Waals surface area contributed by atoms with E-state index in [1.807, 2.05) is 42.1 Å². The number of pyridine rings is 2. The van der Waals surface area contributed by atoms with Crippen molar-refractivity contribution >= 4 is 28.5 Å². The maximum absolute atomic E-state index is 13.4. The summed E-state index contributed by atoms with van der Waals surface area (Å²) in [5.74, 6) is 2.45. The molecular weight excluding hydrogens is 494 g/mol. The van der Waals surface area contributed by atoms with E-state index in [4.69, 9.17) is 9.72 Å². The summed E-state index contributed by atoms with van der Waals surface area (Å²) in [6.45, 7) is 2.06. The van der Waals surface area contributed by atoms with Crippen LogP contribution in [0.3, 0.4) is 0 Å². The highest BCUT2D eigenvalue weighted by molar-refractivity contribution is 5.81. The second-order valence-electron chi connectivity index (χ2n) is 10.6. The molecule has 3 aromatic heterocycles. The molecule has 0 radical (unpaired) electrons. The Labute approximate surface area is 227 Å². The molecule has 6 rings (SSSR count). The van der Waals surface area contributed by atoms with E-state index >= 15 is 0 Å². The van der Waals surface area contributed by atoms with Gasteiger partial charge in [-0.3, -0.25) is 14.6 Å². The lowest BCUT2D eigenvalue weighted by Gasteiger charge is -2.32. The van der Waals surface area contributed by atoms with Crippen molar-refractivity contribution in [1.29, 1.82) is 0 Å². The molecule has 2 N–H and O–H groups in total. The van der Waals surface area contributed by atoms with Gasteiger partial charge in [0, 0.05) is 50.5 Å². The van der Waals surface area contributed by atoms with Crippen molar-refractivity contribution in [2.24, 2.45) is 13.0 Å². The molecule has 0 spiro atoms. The van der Waals surface area contributed by atoms with Gasteiger partial charge in [-0.1, -0.05) is 7.43 Å². The first-order valence-electron chi connectivity index (χ1n) is 13.1. The molecule has 0 aliphatic heterocycles. The summed E-state index contributed by atoms with van der Waals surface area (Å²) in [4.78, 5) is 33.8. The van der Waals surface area contributed by atoms with Crippen LogP contribution >= 0.6 is 0 Å². The largest absolute Gasteiger partial charge is 0.457 e. The first kappa shape index (κ1) is 26.6. The van der Waals surface area contributed by atoms with Crippen LogP contribution in [0, 0.1) is 5.92 Å². The van der Waals surface area contributed by atoms with Gasteiger partial charge < -0.3 is 24.3 Å². The summed E-state index contributed by atoms with van der Waals surface area (Å²) < 4.78 is 9.71. The molecule has 2 saturated carbocycles. The summed E-state index contributed by atoms with van der Waals surface area (Å²) >= 11 is 0. The number of aliphatic hydroxyl groups excluding tert-OH is 1. The first-order chi connectivity index (χ1) is 18.3. The fraction of sp³-hybridized carbons (Fsp3) is 0.400. The highest BCUT2D eigenvalue weighted by Crippen LogP contribution is 2.41. The molecule has 4 aromatic rings. The van der Waals surface area contributed by atoms with E-state index < -0.39 is 0 Å². The number of rotatable bonds is 9. The maximum atomic E-state index is 13.4. The zero-order valence-corrected chi connectivity index (χ0v) is 21.6. The predicted molar refractivity (Wildman–Crippen MR) is 151 cm³/mol. The number of ether oxygens (including phenoxy) is 1. The number of anilines is 2. The Morgan fingerprint density at radius 1 is 1.13 bits per heavy atom. The fourth-order valence-electron chi connectivity index (χ4n) is 5.01. The molecule has 39 heavy (non-hydrogen) atoms. The van der Waals surface area contributed by atoms with Crippen molar-refractivity contribution in [3.8, 4) is 11.5 Å². The van der Waals surface area contributed by atoms with Gasteiger partial charge in [-0.05, 0) is 68.4 Å². The van der Waals surface area contributed by atoms with Crippen LogP contribution in [0.15, 0.2) is 53.6 Å². The van der Waals surface area contributed by atoms with Crippen molar-refractivity contribution in [2.45, 2.75) is 65.0 Å². The second-order valence-corrected chi connectivity index (χ2v) is 10.6. The Balaban J connectivity index is 0.00000308. The highest BCUT2D eigenvalue weighted by Gasteiger charge is 2.31. The number of hydrogen-bond donors (Lipinski definition) is 2. The van der Waals surface area contributed by atoms with Crippen LogP contribution in [-0.4, -0.2) is 36.1 Å². The van der Waals surface area contributed by atoms with Gasteiger partial charge in [-0.15, -0.1) is 0 Å². The zero-order chi connectivity index (χ0) is 26.4. The normalized spacial score (nSPS) is 18.3. The number of nitrogens with zero attached hydrogens (tertiary/aromatic N) is 4. The fourth-order valence-corrected chi connectivity index (χ4v) is 5.01. The van der Waals surface area contributed by atoms with Gasteiger partial charge in [0.15, 0.2) is 0 Å². The van der Waals surface area contributed by atoms with E-state index in [1.54, 1.807) is 22.9 Å². The van der Waals surface area contributed by atoms with Crippen LogP contribution in [0.25, 0.3) is 11.0 Å². The average Bonchev–Trinajstić information content (AvgIpc) is 3.69. The van der Waals surface area contributed by atoms with Gasteiger partial charge in [0.25, 0.3) is 5.56 Å². The van der Waals surface area contributed by atoms with Crippen molar-refractivity contribution in [3.63, 3.8) is 0 Å². The van der Waals surface area contributed by atoms with Crippen LogP contribution in [0.4, 0.5) is 11.6 Å². The number of Topliss-reactive ketones (excluding diaryl/α,β-unsaturated/α-hetero) is 1. The molecule has 0 amide bonds. The molecule has 204 valence electrons. The number of carbonyl (C=O) groups excluding carboxylic acids is 1. The van der Waals surface area contributed by atoms with Crippen molar-refractivity contribution in [2.75, 3.05) is 5.32 Å². The smallest absolute Gasteiger partial charge is 0.274 e. The van der Waals surface area contributed by atoms with Crippen LogP contribution in [0.1, 0.15) is 57.2 Å². The van der Waals surface area contributed by atoms with Gasteiger partial charge in [0.1, 0.15) is 23.0 Å². The van der Waals surface area contributed by atoms with Gasteiger partial charge in [-0.2, -0.15) is 0 Å². The van der Waals surface area contributed by atoms with E-state index in [0.717, 1.165) is 42.3 Å². The van der Waals surface area contributed by atoms with Crippen LogP contribution < -0.4 is 15.6 Å². The Morgan fingerprint density at radius 2 is 1.92 bits per heavy atom. The Kier molecular flexibility index (Phi) is 7.27. The molecule has 3 heterocycles. The molecule has 2 aliphatic carbocycles. The van der Waals surface area contributed by atoms with E-state index in [2.05, 4.69) is 10.3 Å². The van der Waals surface area contributed by atoms with Crippen molar-refractivity contribution < 1.29 is 14.6 Å². The zero-order valence-electron chi connectivity index (χ0n) is 21.6. The minimum Gasteiger partial charge on any atom is -0.457 e. The average molecular weight is 530 g/mol. The van der Waals surface area contributed by atoms with Crippen LogP contribution in [0.2, 0.25) is 0 Å². The van der Waals surface area contributed by atoms with Gasteiger partial charge in [0.05, 0.1) is 22.8 Å². The van der Waals surface area contributed by atoms with Crippen LogP contribution in [-0.2, 0) is 24.8 Å². The number of benzene rings is 1.